The Kier molecular flexibility index (Phi) is 2.13. The quantitative estimate of drug-likeness (QED) is 0.478. The lowest BCUT2D eigenvalue weighted by molar-refractivity contribution is 0.561. The van der Waals surface area contributed by atoms with Crippen molar-refractivity contribution in [3.8, 4) is 0 Å². The highest BCUT2D eigenvalue weighted by molar-refractivity contribution is 4.94. The van der Waals surface area contributed by atoms with Gasteiger partial charge in [0.15, 0.2) is 0 Å². The molecule has 8 heavy (non-hydrogen) atoms. The van der Waals surface area contributed by atoms with Crippen LogP contribution >= 0.6 is 0 Å². The predicted molar refractivity (Wildman–Crippen MR) is 36.5 cm³/mol. The van der Waals surface area contributed by atoms with Gasteiger partial charge in [0.05, 0.1) is 0 Å². The van der Waals surface area contributed by atoms with E-state index in [1.165, 1.54) is 19.3 Å². The summed E-state index contributed by atoms with van der Waals surface area (Å²) in [6.45, 7) is 2.14. The molecule has 1 radical (unpaired) electrons. The van der Waals surface area contributed by atoms with Crippen molar-refractivity contribution in [2.75, 3.05) is 0 Å². The fraction of sp³-hybridized carbons (Fsp3) is 0.625. The Bertz CT molecular complexity index is 74.0. The standard InChI is InChI=1S/C8H13/c1-2-5-8-6-3-4-7-8/h2-4,8H,5-7H2,1H3. The van der Waals surface area contributed by atoms with Crippen LogP contribution in [0.15, 0.2) is 12.2 Å². The average molecular weight is 109 g/mol. The number of hydrogen-bond acceptors (Lipinski definition) is 0. The van der Waals surface area contributed by atoms with E-state index in [0.717, 1.165) is 5.92 Å². The Morgan fingerprint density at radius 3 is 2.62 bits per heavy atom. The van der Waals surface area contributed by atoms with Crippen molar-refractivity contribution in [2.24, 2.45) is 5.92 Å². The van der Waals surface area contributed by atoms with Gasteiger partial charge in [0.25, 0.3) is 0 Å². The van der Waals surface area contributed by atoms with E-state index in [4.69, 9.17) is 0 Å². The second kappa shape index (κ2) is 2.91. The van der Waals surface area contributed by atoms with E-state index in [1.807, 2.05) is 0 Å². The van der Waals surface area contributed by atoms with Crippen LogP contribution in [0.5, 0.6) is 0 Å². The zero-order valence-corrected chi connectivity index (χ0v) is 5.43. The molecule has 0 spiro atoms. The van der Waals surface area contributed by atoms with Gasteiger partial charge in [0.1, 0.15) is 0 Å². The van der Waals surface area contributed by atoms with Gasteiger partial charge in [-0.1, -0.05) is 19.1 Å². The maximum Gasteiger partial charge on any atom is -0.0319 e. The largest absolute Gasteiger partial charge is 0.0882 e. The van der Waals surface area contributed by atoms with Gasteiger partial charge in [-0.25, -0.2) is 0 Å². The van der Waals surface area contributed by atoms with Crippen molar-refractivity contribution in [1.82, 2.24) is 0 Å². The number of allylic oxidation sites excluding steroid dienone is 2. The number of hydrogen-bond donors (Lipinski definition) is 0. The molecule has 0 amide bonds. The molecule has 0 aromatic rings. The fourth-order valence-corrected chi connectivity index (χ4v) is 1.20. The molecular formula is C8H13. The zero-order valence-electron chi connectivity index (χ0n) is 5.43. The molecule has 0 saturated heterocycles. The molecule has 0 atom stereocenters. The third kappa shape index (κ3) is 1.36. The molecular weight excluding hydrogens is 96.1 g/mol. The molecule has 0 aliphatic heterocycles. The molecule has 0 unspecified atom stereocenters. The van der Waals surface area contributed by atoms with Crippen molar-refractivity contribution in [3.05, 3.63) is 18.6 Å². The SMILES string of the molecule is C[CH]CC1CC=CC1. The molecule has 0 N–H and O–H groups in total. The van der Waals surface area contributed by atoms with Gasteiger partial charge in [-0.05, 0) is 31.6 Å². The van der Waals surface area contributed by atoms with Crippen LogP contribution in [-0.2, 0) is 0 Å². The van der Waals surface area contributed by atoms with Crippen LogP contribution in [0.2, 0.25) is 0 Å². The van der Waals surface area contributed by atoms with Crippen molar-refractivity contribution >= 4 is 0 Å². The summed E-state index contributed by atoms with van der Waals surface area (Å²) in [6, 6.07) is 0. The van der Waals surface area contributed by atoms with Crippen LogP contribution in [0.1, 0.15) is 26.2 Å². The second-order valence-corrected chi connectivity index (χ2v) is 2.45. The smallest absolute Gasteiger partial charge is 0.0319 e. The third-order valence-electron chi connectivity index (χ3n) is 1.67. The summed E-state index contributed by atoms with van der Waals surface area (Å²) in [5.41, 5.74) is 0. The lowest BCUT2D eigenvalue weighted by Crippen LogP contribution is -1.91. The van der Waals surface area contributed by atoms with E-state index in [1.54, 1.807) is 0 Å². The highest BCUT2D eigenvalue weighted by Gasteiger charge is 2.07. The van der Waals surface area contributed by atoms with Crippen molar-refractivity contribution in [2.45, 2.75) is 26.2 Å². The lowest BCUT2D eigenvalue weighted by atomic mass is 10.0. The zero-order chi connectivity index (χ0) is 5.82. The first-order chi connectivity index (χ1) is 3.93. The van der Waals surface area contributed by atoms with E-state index in [-0.39, 0.29) is 0 Å². The highest BCUT2D eigenvalue weighted by atomic mass is 14.1. The first-order valence-corrected chi connectivity index (χ1v) is 3.36. The van der Waals surface area contributed by atoms with Crippen molar-refractivity contribution in [3.63, 3.8) is 0 Å². The summed E-state index contributed by atoms with van der Waals surface area (Å²) in [4.78, 5) is 0. The van der Waals surface area contributed by atoms with E-state index in [2.05, 4.69) is 25.5 Å². The molecule has 0 aromatic carbocycles. The summed E-state index contributed by atoms with van der Waals surface area (Å²) >= 11 is 0. The molecule has 0 fully saturated rings. The Labute approximate surface area is 51.6 Å². The number of rotatable bonds is 2. The minimum atomic E-state index is 0.944. The van der Waals surface area contributed by atoms with Crippen LogP contribution in [0, 0.1) is 12.3 Å². The highest BCUT2D eigenvalue weighted by Crippen LogP contribution is 2.21. The molecule has 1 aliphatic carbocycles. The Morgan fingerprint density at radius 1 is 1.50 bits per heavy atom. The summed E-state index contributed by atoms with van der Waals surface area (Å²) in [6.07, 6.45) is 10.8. The molecule has 0 nitrogen and oxygen atoms in total. The van der Waals surface area contributed by atoms with Crippen molar-refractivity contribution < 1.29 is 0 Å². The second-order valence-electron chi connectivity index (χ2n) is 2.45. The van der Waals surface area contributed by atoms with Crippen LogP contribution < -0.4 is 0 Å². The summed E-state index contributed by atoms with van der Waals surface area (Å²) < 4.78 is 0. The maximum absolute atomic E-state index is 2.29. The van der Waals surface area contributed by atoms with Crippen LogP contribution in [0.3, 0.4) is 0 Å². The Morgan fingerprint density at radius 2 is 2.12 bits per heavy atom. The van der Waals surface area contributed by atoms with E-state index < -0.39 is 0 Å². The average Bonchev–Trinajstić information content (AvgIpc) is 2.19. The van der Waals surface area contributed by atoms with E-state index in [0.29, 0.717) is 0 Å². The Balaban J connectivity index is 2.10. The van der Waals surface area contributed by atoms with E-state index >= 15 is 0 Å². The molecule has 0 heteroatoms. The minimum Gasteiger partial charge on any atom is -0.0882 e. The predicted octanol–water partition coefficient (Wildman–Crippen LogP) is 2.57. The lowest BCUT2D eigenvalue weighted by Gasteiger charge is -2.03. The molecule has 0 aromatic heterocycles. The summed E-state index contributed by atoms with van der Waals surface area (Å²) in [5.74, 6) is 0.944. The molecule has 0 saturated carbocycles. The molecule has 45 valence electrons. The minimum absolute atomic E-state index is 0.944. The van der Waals surface area contributed by atoms with Crippen molar-refractivity contribution in [1.29, 1.82) is 0 Å². The summed E-state index contributed by atoms with van der Waals surface area (Å²) in [5, 5.41) is 0. The first-order valence-electron chi connectivity index (χ1n) is 3.36. The molecule has 1 rings (SSSR count). The van der Waals surface area contributed by atoms with Gasteiger partial charge in [0, 0.05) is 0 Å². The van der Waals surface area contributed by atoms with Gasteiger partial charge in [-0.15, -0.1) is 0 Å². The van der Waals surface area contributed by atoms with Gasteiger partial charge in [-0.2, -0.15) is 0 Å². The van der Waals surface area contributed by atoms with Crippen LogP contribution in [-0.4, -0.2) is 0 Å². The monoisotopic (exact) mass is 109 g/mol. The van der Waals surface area contributed by atoms with Gasteiger partial charge < -0.3 is 0 Å². The summed E-state index contributed by atoms with van der Waals surface area (Å²) in [7, 11) is 0. The van der Waals surface area contributed by atoms with Crippen LogP contribution in [0.25, 0.3) is 0 Å². The molecule has 0 heterocycles. The topological polar surface area (TPSA) is 0 Å². The van der Waals surface area contributed by atoms with Crippen LogP contribution in [0.4, 0.5) is 0 Å². The Hall–Kier alpha value is -0.260. The molecule has 0 bridgehead atoms. The van der Waals surface area contributed by atoms with Gasteiger partial charge in [0.2, 0.25) is 0 Å². The first kappa shape index (κ1) is 5.87. The maximum atomic E-state index is 2.29. The van der Waals surface area contributed by atoms with Gasteiger partial charge in [-0.3, -0.25) is 0 Å². The normalized spacial score (nSPS) is 20.1. The third-order valence-corrected chi connectivity index (χ3v) is 1.67. The molecule has 1 aliphatic rings. The van der Waals surface area contributed by atoms with E-state index in [9.17, 15) is 0 Å². The van der Waals surface area contributed by atoms with Gasteiger partial charge >= 0.3 is 0 Å². The fourth-order valence-electron chi connectivity index (χ4n) is 1.20.